The molecule has 1 aromatic carbocycles. The van der Waals surface area contributed by atoms with Crippen molar-refractivity contribution >= 4 is 13.3 Å². The average Bonchev–Trinajstić information content (AvgIpc) is 2.24. The molecule has 1 heteroatoms. The third-order valence-corrected chi connectivity index (χ3v) is 9.51. The maximum atomic E-state index is 2.37. The molecule has 0 saturated carbocycles. The first kappa shape index (κ1) is 11.5. The van der Waals surface area contributed by atoms with Crippen molar-refractivity contribution in [2.75, 3.05) is 0 Å². The maximum absolute atomic E-state index is 2.37. The Kier molecular flexibility index (Phi) is 3.94. The molecule has 78 valence electrons. The van der Waals surface area contributed by atoms with E-state index >= 15 is 0 Å². The van der Waals surface area contributed by atoms with Gasteiger partial charge >= 0.3 is 0 Å². The predicted molar refractivity (Wildman–Crippen MR) is 68.0 cm³/mol. The van der Waals surface area contributed by atoms with Crippen molar-refractivity contribution in [3.63, 3.8) is 0 Å². The van der Waals surface area contributed by atoms with Crippen molar-refractivity contribution in [3.05, 3.63) is 29.8 Å². The normalized spacial score (nSPS) is 11.7. The van der Waals surface area contributed by atoms with E-state index in [0.717, 1.165) is 0 Å². The van der Waals surface area contributed by atoms with Gasteiger partial charge in [0.15, 0.2) is 0 Å². The van der Waals surface area contributed by atoms with Gasteiger partial charge in [-0.1, -0.05) is 73.9 Å². The van der Waals surface area contributed by atoms with E-state index in [0.29, 0.717) is 0 Å². The molecule has 0 radical (unpaired) electrons. The van der Waals surface area contributed by atoms with Crippen molar-refractivity contribution < 1.29 is 0 Å². The topological polar surface area (TPSA) is 0 Å². The zero-order valence-corrected chi connectivity index (χ0v) is 10.9. The standard InChI is InChI=1S/C13H22Si/c1-5-14(6-2,7-3)13-11-9-8-10-12(13)4/h8-11H,5-7H2,1-4H3. The second-order valence-electron chi connectivity index (χ2n) is 4.16. The molecular weight excluding hydrogens is 184 g/mol. The van der Waals surface area contributed by atoms with Gasteiger partial charge in [-0.2, -0.15) is 0 Å². The summed E-state index contributed by atoms with van der Waals surface area (Å²) in [4.78, 5) is 0. The van der Waals surface area contributed by atoms with Gasteiger partial charge in [-0.25, -0.2) is 0 Å². The highest BCUT2D eigenvalue weighted by Gasteiger charge is 2.29. The van der Waals surface area contributed by atoms with Gasteiger partial charge in [-0.15, -0.1) is 0 Å². The zero-order chi connectivity index (χ0) is 10.6. The molecule has 0 aliphatic rings. The van der Waals surface area contributed by atoms with E-state index < -0.39 is 8.07 Å². The smallest absolute Gasteiger partial charge is 0.0675 e. The maximum Gasteiger partial charge on any atom is 0.0862 e. The SMILES string of the molecule is CC[Si](CC)(CC)c1ccccc1C. The summed E-state index contributed by atoms with van der Waals surface area (Å²) < 4.78 is 0. The molecule has 0 aliphatic carbocycles. The average molecular weight is 206 g/mol. The Labute approximate surface area is 89.4 Å². The highest BCUT2D eigenvalue weighted by molar-refractivity contribution is 6.92. The Morgan fingerprint density at radius 1 is 0.929 bits per heavy atom. The largest absolute Gasteiger partial charge is 0.0862 e. The van der Waals surface area contributed by atoms with Crippen LogP contribution >= 0.6 is 0 Å². The van der Waals surface area contributed by atoms with E-state index in [2.05, 4.69) is 52.0 Å². The molecule has 0 bridgehead atoms. The molecule has 0 N–H and O–H groups in total. The number of hydrogen-bond acceptors (Lipinski definition) is 0. The van der Waals surface area contributed by atoms with Gasteiger partial charge in [-0.3, -0.25) is 0 Å². The number of hydrogen-bond donors (Lipinski definition) is 0. The second-order valence-corrected chi connectivity index (χ2v) is 9.38. The third kappa shape index (κ3) is 1.93. The minimum absolute atomic E-state index is 1.14. The van der Waals surface area contributed by atoms with Crippen LogP contribution in [0.15, 0.2) is 24.3 Å². The molecule has 1 aromatic rings. The van der Waals surface area contributed by atoms with E-state index in [9.17, 15) is 0 Å². The van der Waals surface area contributed by atoms with Crippen molar-refractivity contribution in [1.82, 2.24) is 0 Å². The molecule has 0 unspecified atom stereocenters. The van der Waals surface area contributed by atoms with Crippen LogP contribution in [0.1, 0.15) is 26.3 Å². The van der Waals surface area contributed by atoms with Gasteiger partial charge in [0.2, 0.25) is 0 Å². The number of aryl methyl sites for hydroxylation is 1. The van der Waals surface area contributed by atoms with Crippen LogP contribution in [-0.4, -0.2) is 8.07 Å². The number of rotatable bonds is 4. The van der Waals surface area contributed by atoms with E-state index in [1.807, 2.05) is 0 Å². The molecular formula is C13H22Si. The predicted octanol–water partition coefficient (Wildman–Crippen LogP) is 3.71. The Bertz CT molecular complexity index is 279. The fraction of sp³-hybridized carbons (Fsp3) is 0.538. The monoisotopic (exact) mass is 206 g/mol. The van der Waals surface area contributed by atoms with Gasteiger partial charge < -0.3 is 0 Å². The lowest BCUT2D eigenvalue weighted by Crippen LogP contribution is -2.47. The Hall–Kier alpha value is -0.563. The molecule has 0 nitrogen and oxygen atoms in total. The van der Waals surface area contributed by atoms with Gasteiger partial charge in [-0.05, 0) is 6.92 Å². The number of benzene rings is 1. The van der Waals surface area contributed by atoms with Crippen LogP contribution in [0.5, 0.6) is 0 Å². The summed E-state index contributed by atoms with van der Waals surface area (Å²) in [7, 11) is -1.14. The minimum atomic E-state index is -1.14. The molecule has 0 spiro atoms. The lowest BCUT2D eigenvalue weighted by molar-refractivity contribution is 1.19. The molecule has 0 fully saturated rings. The molecule has 1 rings (SSSR count). The summed E-state index contributed by atoms with van der Waals surface area (Å²) in [6, 6.07) is 13.1. The van der Waals surface area contributed by atoms with Gasteiger partial charge in [0, 0.05) is 0 Å². The van der Waals surface area contributed by atoms with Crippen molar-refractivity contribution in [3.8, 4) is 0 Å². The highest BCUT2D eigenvalue weighted by Crippen LogP contribution is 2.21. The fourth-order valence-corrected chi connectivity index (χ4v) is 6.50. The zero-order valence-electron chi connectivity index (χ0n) is 9.93. The van der Waals surface area contributed by atoms with E-state index in [1.165, 1.54) is 23.7 Å². The van der Waals surface area contributed by atoms with Gasteiger partial charge in [0.1, 0.15) is 0 Å². The Morgan fingerprint density at radius 2 is 1.43 bits per heavy atom. The molecule has 0 heterocycles. The van der Waals surface area contributed by atoms with Crippen molar-refractivity contribution in [1.29, 1.82) is 0 Å². The van der Waals surface area contributed by atoms with Crippen LogP contribution in [-0.2, 0) is 0 Å². The Morgan fingerprint density at radius 3 is 1.86 bits per heavy atom. The third-order valence-electron chi connectivity index (χ3n) is 3.75. The van der Waals surface area contributed by atoms with Crippen molar-refractivity contribution in [2.45, 2.75) is 45.8 Å². The lowest BCUT2D eigenvalue weighted by atomic mass is 10.2. The summed E-state index contributed by atoms with van der Waals surface area (Å²) >= 11 is 0. The summed E-state index contributed by atoms with van der Waals surface area (Å²) in [5.74, 6) is 0. The van der Waals surface area contributed by atoms with Crippen LogP contribution in [0.2, 0.25) is 18.1 Å². The van der Waals surface area contributed by atoms with Gasteiger partial charge in [0.25, 0.3) is 0 Å². The van der Waals surface area contributed by atoms with Crippen LogP contribution < -0.4 is 5.19 Å². The molecule has 0 saturated heterocycles. The first-order valence-corrected chi connectivity index (χ1v) is 8.38. The quantitative estimate of drug-likeness (QED) is 0.659. The van der Waals surface area contributed by atoms with E-state index in [-0.39, 0.29) is 0 Å². The summed E-state index contributed by atoms with van der Waals surface area (Å²) in [6.45, 7) is 9.36. The van der Waals surface area contributed by atoms with Gasteiger partial charge in [0.05, 0.1) is 8.07 Å². The van der Waals surface area contributed by atoms with Crippen molar-refractivity contribution in [2.24, 2.45) is 0 Å². The molecule has 0 atom stereocenters. The minimum Gasteiger partial charge on any atom is -0.0675 e. The molecule has 0 aliphatic heterocycles. The second kappa shape index (κ2) is 4.79. The first-order chi connectivity index (χ1) is 6.70. The lowest BCUT2D eigenvalue weighted by Gasteiger charge is -2.30. The fourth-order valence-electron chi connectivity index (χ4n) is 2.49. The van der Waals surface area contributed by atoms with Crippen LogP contribution in [0, 0.1) is 6.92 Å². The van der Waals surface area contributed by atoms with E-state index in [1.54, 1.807) is 5.19 Å². The van der Waals surface area contributed by atoms with Crippen LogP contribution in [0.4, 0.5) is 0 Å². The summed E-state index contributed by atoms with van der Waals surface area (Å²) in [5, 5.41) is 1.69. The Balaban J connectivity index is 3.17. The highest BCUT2D eigenvalue weighted by atomic mass is 28.3. The molecule has 14 heavy (non-hydrogen) atoms. The summed E-state index contributed by atoms with van der Waals surface area (Å²) in [6.07, 6.45) is 0. The summed E-state index contributed by atoms with van der Waals surface area (Å²) in [5.41, 5.74) is 1.50. The van der Waals surface area contributed by atoms with E-state index in [4.69, 9.17) is 0 Å². The van der Waals surface area contributed by atoms with Crippen LogP contribution in [0.25, 0.3) is 0 Å². The van der Waals surface area contributed by atoms with Crippen LogP contribution in [0.3, 0.4) is 0 Å². The molecule has 0 aromatic heterocycles. The first-order valence-electron chi connectivity index (χ1n) is 5.76. The molecule has 0 amide bonds.